The molecule has 0 spiro atoms. The van der Waals surface area contributed by atoms with E-state index in [4.69, 9.17) is 28.9 Å². The molecule has 0 fully saturated rings. The lowest BCUT2D eigenvalue weighted by atomic mass is 10.2. The van der Waals surface area contributed by atoms with Gasteiger partial charge in [0.25, 0.3) is 5.56 Å². The van der Waals surface area contributed by atoms with Crippen LogP contribution >= 0.6 is 23.2 Å². The highest BCUT2D eigenvalue weighted by Gasteiger charge is 2.04. The zero-order chi connectivity index (χ0) is 13.3. The number of halogens is 2. The third-order valence-electron chi connectivity index (χ3n) is 2.38. The lowest BCUT2D eigenvalue weighted by molar-refractivity contribution is 0.723. The summed E-state index contributed by atoms with van der Waals surface area (Å²) >= 11 is 11.7. The Balaban J connectivity index is 2.40. The van der Waals surface area contributed by atoms with Gasteiger partial charge in [0, 0.05) is 6.20 Å². The molecule has 0 radical (unpaired) electrons. The minimum absolute atomic E-state index is 0.0188. The number of H-pyrrole nitrogens is 1. The molecule has 0 unspecified atom stereocenters. The fourth-order valence-electron chi connectivity index (χ4n) is 1.48. The zero-order valence-corrected chi connectivity index (χ0v) is 10.6. The molecule has 5 nitrogen and oxygen atoms in total. The fraction of sp³-hybridized carbons (Fsp3) is 0.0909. The van der Waals surface area contributed by atoms with E-state index in [1.54, 1.807) is 18.2 Å². The SMILES string of the molecule is Nc1cn(Cc2ccc(Cl)c(Cl)c2)c(=O)[nH]c1=O. The second kappa shape index (κ2) is 4.88. The van der Waals surface area contributed by atoms with Gasteiger partial charge >= 0.3 is 5.69 Å². The number of nitrogen functional groups attached to an aromatic ring is 1. The number of hydrogen-bond acceptors (Lipinski definition) is 3. The van der Waals surface area contributed by atoms with Gasteiger partial charge in [-0.2, -0.15) is 0 Å². The summed E-state index contributed by atoms with van der Waals surface area (Å²) in [5.41, 5.74) is 5.08. The third-order valence-corrected chi connectivity index (χ3v) is 3.11. The van der Waals surface area contributed by atoms with E-state index in [9.17, 15) is 9.59 Å². The summed E-state index contributed by atoms with van der Waals surface area (Å²) in [6.45, 7) is 0.247. The van der Waals surface area contributed by atoms with Crippen LogP contribution in [0.1, 0.15) is 5.56 Å². The number of aromatic amines is 1. The first-order valence-corrected chi connectivity index (χ1v) is 5.76. The van der Waals surface area contributed by atoms with Crippen molar-refractivity contribution < 1.29 is 0 Å². The molecule has 0 aliphatic carbocycles. The normalized spacial score (nSPS) is 10.6. The van der Waals surface area contributed by atoms with Crippen molar-refractivity contribution in [3.05, 3.63) is 60.8 Å². The molecule has 2 rings (SSSR count). The van der Waals surface area contributed by atoms with E-state index in [1.807, 2.05) is 0 Å². The lowest BCUT2D eigenvalue weighted by Gasteiger charge is -2.06. The van der Waals surface area contributed by atoms with E-state index in [0.29, 0.717) is 10.0 Å². The molecule has 0 saturated carbocycles. The highest BCUT2D eigenvalue weighted by Crippen LogP contribution is 2.22. The molecule has 3 N–H and O–H groups in total. The van der Waals surface area contributed by atoms with E-state index in [0.717, 1.165) is 5.56 Å². The summed E-state index contributed by atoms with van der Waals surface area (Å²) in [7, 11) is 0. The van der Waals surface area contributed by atoms with Gasteiger partial charge in [-0.05, 0) is 17.7 Å². The number of benzene rings is 1. The Kier molecular flexibility index (Phi) is 3.45. The van der Waals surface area contributed by atoms with Crippen LogP contribution in [0.2, 0.25) is 10.0 Å². The van der Waals surface area contributed by atoms with Crippen LogP contribution in [0.15, 0.2) is 34.0 Å². The molecule has 0 aliphatic heterocycles. The van der Waals surface area contributed by atoms with Crippen molar-refractivity contribution in [1.29, 1.82) is 0 Å². The van der Waals surface area contributed by atoms with Gasteiger partial charge in [0.05, 0.1) is 16.6 Å². The van der Waals surface area contributed by atoms with Gasteiger partial charge in [0.2, 0.25) is 0 Å². The molecular formula is C11H9Cl2N3O2. The summed E-state index contributed by atoms with van der Waals surface area (Å²) in [6.07, 6.45) is 1.30. The van der Waals surface area contributed by atoms with Gasteiger partial charge in [-0.1, -0.05) is 29.3 Å². The molecule has 18 heavy (non-hydrogen) atoms. The van der Waals surface area contributed by atoms with E-state index >= 15 is 0 Å². The van der Waals surface area contributed by atoms with Gasteiger partial charge < -0.3 is 5.73 Å². The van der Waals surface area contributed by atoms with Crippen molar-refractivity contribution in [2.24, 2.45) is 0 Å². The summed E-state index contributed by atoms with van der Waals surface area (Å²) < 4.78 is 1.29. The largest absolute Gasteiger partial charge is 0.393 e. The molecule has 0 atom stereocenters. The lowest BCUT2D eigenvalue weighted by Crippen LogP contribution is -2.31. The maximum Gasteiger partial charge on any atom is 0.328 e. The Hall–Kier alpha value is -1.72. The molecule has 1 aromatic carbocycles. The predicted octanol–water partition coefficient (Wildman–Crippen LogP) is 1.47. The van der Waals surface area contributed by atoms with Gasteiger partial charge in [-0.15, -0.1) is 0 Å². The third kappa shape index (κ3) is 2.57. The Bertz CT molecular complexity index is 706. The highest BCUT2D eigenvalue weighted by atomic mass is 35.5. The van der Waals surface area contributed by atoms with Crippen molar-refractivity contribution in [2.45, 2.75) is 6.54 Å². The number of aromatic nitrogens is 2. The number of anilines is 1. The average Bonchev–Trinajstić information content (AvgIpc) is 2.31. The number of nitrogens with zero attached hydrogens (tertiary/aromatic N) is 1. The molecule has 0 amide bonds. The molecule has 0 bridgehead atoms. The first-order valence-electron chi connectivity index (χ1n) is 5.00. The van der Waals surface area contributed by atoms with Crippen molar-refractivity contribution in [3.63, 3.8) is 0 Å². The van der Waals surface area contributed by atoms with Crippen LogP contribution in [0.4, 0.5) is 5.69 Å². The average molecular weight is 286 g/mol. The molecule has 94 valence electrons. The predicted molar refractivity (Wildman–Crippen MR) is 71.3 cm³/mol. The molecule has 1 aromatic heterocycles. The van der Waals surface area contributed by atoms with Crippen molar-refractivity contribution in [1.82, 2.24) is 9.55 Å². The van der Waals surface area contributed by atoms with Crippen LogP contribution in [0, 0.1) is 0 Å². The van der Waals surface area contributed by atoms with E-state index in [1.165, 1.54) is 10.8 Å². The first kappa shape index (κ1) is 12.7. The van der Waals surface area contributed by atoms with E-state index in [2.05, 4.69) is 4.98 Å². The Labute approximate surface area is 112 Å². The van der Waals surface area contributed by atoms with Gasteiger partial charge in [0.15, 0.2) is 0 Å². The summed E-state index contributed by atoms with van der Waals surface area (Å²) in [5, 5.41) is 0.841. The minimum atomic E-state index is -0.592. The van der Waals surface area contributed by atoms with Gasteiger partial charge in [0.1, 0.15) is 5.69 Å². The standard InChI is InChI=1S/C11H9Cl2N3O2/c12-7-2-1-6(3-8(7)13)4-16-5-9(14)10(17)15-11(16)18/h1-3,5H,4,14H2,(H,15,17,18). The van der Waals surface area contributed by atoms with Crippen LogP contribution in [-0.4, -0.2) is 9.55 Å². The monoisotopic (exact) mass is 285 g/mol. The molecule has 2 aromatic rings. The minimum Gasteiger partial charge on any atom is -0.393 e. The smallest absolute Gasteiger partial charge is 0.328 e. The van der Waals surface area contributed by atoms with Crippen LogP contribution in [0.3, 0.4) is 0 Å². The second-order valence-electron chi connectivity index (χ2n) is 3.72. The second-order valence-corrected chi connectivity index (χ2v) is 4.53. The van der Waals surface area contributed by atoms with Crippen LogP contribution in [0.5, 0.6) is 0 Å². The van der Waals surface area contributed by atoms with E-state index < -0.39 is 11.2 Å². The fourth-order valence-corrected chi connectivity index (χ4v) is 1.80. The highest BCUT2D eigenvalue weighted by molar-refractivity contribution is 6.42. The van der Waals surface area contributed by atoms with Crippen molar-refractivity contribution >= 4 is 28.9 Å². The summed E-state index contributed by atoms with van der Waals surface area (Å²) in [5.74, 6) is 0. The van der Waals surface area contributed by atoms with E-state index in [-0.39, 0.29) is 12.2 Å². The number of rotatable bonds is 2. The van der Waals surface area contributed by atoms with Gasteiger partial charge in [-0.25, -0.2) is 4.79 Å². The molecule has 7 heteroatoms. The maximum absolute atomic E-state index is 11.5. The zero-order valence-electron chi connectivity index (χ0n) is 9.11. The number of nitrogens with one attached hydrogen (secondary N) is 1. The Morgan fingerprint density at radius 2 is 1.94 bits per heavy atom. The summed E-state index contributed by atoms with van der Waals surface area (Å²) in [6, 6.07) is 5.03. The van der Waals surface area contributed by atoms with Crippen LogP contribution in [0.25, 0.3) is 0 Å². The molecule has 0 aliphatic rings. The number of hydrogen-bond donors (Lipinski definition) is 2. The molecule has 0 saturated heterocycles. The summed E-state index contributed by atoms with van der Waals surface area (Å²) in [4.78, 5) is 24.8. The topological polar surface area (TPSA) is 80.9 Å². The van der Waals surface area contributed by atoms with Crippen LogP contribution in [-0.2, 0) is 6.54 Å². The van der Waals surface area contributed by atoms with Crippen LogP contribution < -0.4 is 17.0 Å². The van der Waals surface area contributed by atoms with Gasteiger partial charge in [-0.3, -0.25) is 14.3 Å². The molecule has 1 heterocycles. The Morgan fingerprint density at radius 1 is 1.22 bits per heavy atom. The van der Waals surface area contributed by atoms with Crippen molar-refractivity contribution in [3.8, 4) is 0 Å². The first-order chi connectivity index (χ1) is 8.47. The van der Waals surface area contributed by atoms with Crippen molar-refractivity contribution in [2.75, 3.05) is 5.73 Å². The number of nitrogens with two attached hydrogens (primary N) is 1. The quantitative estimate of drug-likeness (QED) is 0.877. The Morgan fingerprint density at radius 3 is 2.61 bits per heavy atom. The molecular weight excluding hydrogens is 277 g/mol. The maximum atomic E-state index is 11.5.